The maximum atomic E-state index is 11.2. The highest BCUT2D eigenvalue weighted by Crippen LogP contribution is 2.26. The lowest BCUT2D eigenvalue weighted by Gasteiger charge is -2.11. The molecule has 1 aromatic heterocycles. The maximum absolute atomic E-state index is 11.2. The molecule has 0 fully saturated rings. The number of hydrogen-bond donors (Lipinski definition) is 2. The van der Waals surface area contributed by atoms with E-state index >= 15 is 0 Å². The van der Waals surface area contributed by atoms with Crippen molar-refractivity contribution in [2.45, 2.75) is 26.7 Å². The van der Waals surface area contributed by atoms with Crippen molar-refractivity contribution in [1.82, 2.24) is 4.98 Å². The number of aromatic amines is 1. The fraction of sp³-hybridized carbons (Fsp3) is 0.400. The molecule has 4 nitrogen and oxygen atoms in total. The van der Waals surface area contributed by atoms with Crippen LogP contribution in [0, 0.1) is 18.3 Å². The molecule has 0 unspecified atom stereocenters. The Balaban J connectivity index is 3.63. The quantitative estimate of drug-likeness (QED) is 0.705. The van der Waals surface area contributed by atoms with Crippen molar-refractivity contribution in [3.05, 3.63) is 27.0 Å². The Morgan fingerprint density at radius 3 is 2.50 bits per heavy atom. The molecule has 0 saturated heterocycles. The molecule has 4 heteroatoms. The van der Waals surface area contributed by atoms with Gasteiger partial charge in [-0.2, -0.15) is 5.26 Å². The van der Waals surface area contributed by atoms with Crippen molar-refractivity contribution in [2.24, 2.45) is 0 Å². The van der Waals surface area contributed by atoms with E-state index in [0.29, 0.717) is 11.1 Å². The van der Waals surface area contributed by atoms with Crippen molar-refractivity contribution in [3.8, 4) is 11.9 Å². The lowest BCUT2D eigenvalue weighted by Crippen LogP contribution is -2.14. The van der Waals surface area contributed by atoms with Crippen LogP contribution in [0.5, 0.6) is 5.88 Å². The highest BCUT2D eigenvalue weighted by atomic mass is 16.3. The Morgan fingerprint density at radius 2 is 2.07 bits per heavy atom. The third kappa shape index (κ3) is 1.49. The smallest absolute Gasteiger partial charge is 0.268 e. The Bertz CT molecular complexity index is 452. The van der Waals surface area contributed by atoms with Gasteiger partial charge in [0, 0.05) is 5.56 Å². The standard InChI is InChI=1S/C10H12N2O2/c1-5(2)8-6(3)7(4-11)9(13)12-10(8)14/h5H,1-3H3,(H2,12,13,14). The average Bonchev–Trinajstić information content (AvgIpc) is 2.02. The number of nitrogens with zero attached hydrogens (tertiary/aromatic N) is 1. The van der Waals surface area contributed by atoms with Gasteiger partial charge in [-0.05, 0) is 18.4 Å². The maximum Gasteiger partial charge on any atom is 0.268 e. The van der Waals surface area contributed by atoms with E-state index in [9.17, 15) is 9.90 Å². The van der Waals surface area contributed by atoms with Crippen LogP contribution in [-0.2, 0) is 0 Å². The van der Waals surface area contributed by atoms with Crippen LogP contribution in [0.25, 0.3) is 0 Å². The van der Waals surface area contributed by atoms with Gasteiger partial charge in [0.15, 0.2) is 5.88 Å². The van der Waals surface area contributed by atoms with E-state index in [2.05, 4.69) is 4.98 Å². The number of aromatic nitrogens is 1. The van der Waals surface area contributed by atoms with E-state index < -0.39 is 5.56 Å². The summed E-state index contributed by atoms with van der Waals surface area (Å²) in [7, 11) is 0. The molecule has 1 aromatic rings. The lowest BCUT2D eigenvalue weighted by atomic mass is 9.97. The summed E-state index contributed by atoms with van der Waals surface area (Å²) in [4.78, 5) is 13.5. The van der Waals surface area contributed by atoms with Gasteiger partial charge in [-0.25, -0.2) is 0 Å². The Hall–Kier alpha value is -1.76. The van der Waals surface area contributed by atoms with E-state index in [1.165, 1.54) is 0 Å². The number of H-pyrrole nitrogens is 1. The van der Waals surface area contributed by atoms with Gasteiger partial charge in [0.2, 0.25) is 0 Å². The molecule has 0 amide bonds. The fourth-order valence-corrected chi connectivity index (χ4v) is 1.56. The van der Waals surface area contributed by atoms with Crippen molar-refractivity contribution in [2.75, 3.05) is 0 Å². The van der Waals surface area contributed by atoms with Crippen LogP contribution < -0.4 is 5.56 Å². The van der Waals surface area contributed by atoms with E-state index in [1.807, 2.05) is 19.9 Å². The largest absolute Gasteiger partial charge is 0.494 e. The molecule has 1 rings (SSSR count). The first-order chi connectivity index (χ1) is 6.49. The molecule has 0 bridgehead atoms. The minimum Gasteiger partial charge on any atom is -0.494 e. The number of nitriles is 1. The molecule has 0 radical (unpaired) electrons. The Morgan fingerprint density at radius 1 is 1.50 bits per heavy atom. The first kappa shape index (κ1) is 10.3. The second-order valence-corrected chi connectivity index (χ2v) is 3.48. The number of hydrogen-bond acceptors (Lipinski definition) is 3. The van der Waals surface area contributed by atoms with Crippen LogP contribution in [0.2, 0.25) is 0 Å². The molecule has 0 aliphatic carbocycles. The van der Waals surface area contributed by atoms with E-state index in [-0.39, 0.29) is 17.4 Å². The van der Waals surface area contributed by atoms with Gasteiger partial charge < -0.3 is 5.11 Å². The molecule has 0 saturated carbocycles. The molecule has 14 heavy (non-hydrogen) atoms. The number of pyridine rings is 1. The van der Waals surface area contributed by atoms with Crippen LogP contribution in [-0.4, -0.2) is 10.1 Å². The van der Waals surface area contributed by atoms with Gasteiger partial charge in [0.1, 0.15) is 11.6 Å². The van der Waals surface area contributed by atoms with Crippen LogP contribution in [0.3, 0.4) is 0 Å². The van der Waals surface area contributed by atoms with Crippen LogP contribution in [0.4, 0.5) is 0 Å². The first-order valence-electron chi connectivity index (χ1n) is 4.34. The number of rotatable bonds is 1. The minimum absolute atomic E-state index is 0.0685. The zero-order valence-corrected chi connectivity index (χ0v) is 8.38. The number of nitrogens with one attached hydrogen (secondary N) is 1. The van der Waals surface area contributed by atoms with Gasteiger partial charge in [0.05, 0.1) is 0 Å². The highest BCUT2D eigenvalue weighted by Gasteiger charge is 2.15. The fourth-order valence-electron chi connectivity index (χ4n) is 1.56. The summed E-state index contributed by atoms with van der Waals surface area (Å²) in [6, 6.07) is 1.83. The summed E-state index contributed by atoms with van der Waals surface area (Å²) < 4.78 is 0. The predicted octanol–water partition coefficient (Wildman–Crippen LogP) is 1.38. The molecule has 0 aliphatic heterocycles. The summed E-state index contributed by atoms with van der Waals surface area (Å²) in [5.74, 6) is -0.0690. The molecule has 1 heterocycles. The third-order valence-electron chi connectivity index (χ3n) is 2.18. The lowest BCUT2D eigenvalue weighted by molar-refractivity contribution is 0.440. The summed E-state index contributed by atoms with van der Waals surface area (Å²) in [5.41, 5.74) is 0.725. The molecular weight excluding hydrogens is 180 g/mol. The van der Waals surface area contributed by atoms with Gasteiger partial charge in [-0.15, -0.1) is 0 Å². The van der Waals surface area contributed by atoms with Crippen molar-refractivity contribution in [3.63, 3.8) is 0 Å². The number of aromatic hydroxyl groups is 1. The van der Waals surface area contributed by atoms with Gasteiger partial charge in [-0.3, -0.25) is 9.78 Å². The summed E-state index contributed by atoms with van der Waals surface area (Å²) in [6.45, 7) is 5.45. The molecule has 0 atom stereocenters. The Kier molecular flexibility index (Phi) is 2.61. The van der Waals surface area contributed by atoms with Gasteiger partial charge in [-0.1, -0.05) is 13.8 Å². The Labute approximate surface area is 81.8 Å². The summed E-state index contributed by atoms with van der Waals surface area (Å²) >= 11 is 0. The zero-order valence-electron chi connectivity index (χ0n) is 8.38. The van der Waals surface area contributed by atoms with Crippen molar-refractivity contribution >= 4 is 0 Å². The normalized spacial score (nSPS) is 10.2. The van der Waals surface area contributed by atoms with Crippen LogP contribution in [0.15, 0.2) is 4.79 Å². The van der Waals surface area contributed by atoms with Crippen molar-refractivity contribution in [1.29, 1.82) is 5.26 Å². The molecule has 2 N–H and O–H groups in total. The highest BCUT2D eigenvalue weighted by molar-refractivity contribution is 5.45. The zero-order chi connectivity index (χ0) is 10.9. The topological polar surface area (TPSA) is 76.9 Å². The molecule has 0 spiro atoms. The SMILES string of the molecule is Cc1c(C(C)C)c(O)[nH]c(=O)c1C#N. The van der Waals surface area contributed by atoms with E-state index in [0.717, 1.165) is 0 Å². The van der Waals surface area contributed by atoms with Gasteiger partial charge >= 0.3 is 0 Å². The molecule has 74 valence electrons. The van der Waals surface area contributed by atoms with Crippen LogP contribution >= 0.6 is 0 Å². The second kappa shape index (κ2) is 3.54. The average molecular weight is 192 g/mol. The molecule has 0 aliphatic rings. The predicted molar refractivity (Wildman–Crippen MR) is 52.3 cm³/mol. The minimum atomic E-state index is -0.535. The monoisotopic (exact) mass is 192 g/mol. The van der Waals surface area contributed by atoms with E-state index in [1.54, 1.807) is 6.92 Å². The van der Waals surface area contributed by atoms with E-state index in [4.69, 9.17) is 5.26 Å². The van der Waals surface area contributed by atoms with Crippen LogP contribution in [0.1, 0.15) is 36.5 Å². The van der Waals surface area contributed by atoms with Crippen molar-refractivity contribution < 1.29 is 5.11 Å². The van der Waals surface area contributed by atoms with Gasteiger partial charge in [0.25, 0.3) is 5.56 Å². The second-order valence-electron chi connectivity index (χ2n) is 3.48. The summed E-state index contributed by atoms with van der Waals surface area (Å²) in [5, 5.41) is 18.2. The third-order valence-corrected chi connectivity index (χ3v) is 2.18. The molecule has 0 aromatic carbocycles. The first-order valence-corrected chi connectivity index (χ1v) is 4.34. The molecular formula is C10H12N2O2. The summed E-state index contributed by atoms with van der Waals surface area (Å²) in [6.07, 6.45) is 0.